The fraction of sp³-hybridized carbons (Fsp3) is 0.857. The molecule has 78 valence electrons. The number of hydroxylamine groups is 1. The van der Waals surface area contributed by atoms with E-state index in [2.05, 4.69) is 0 Å². The van der Waals surface area contributed by atoms with Crippen LogP contribution in [0.5, 0.6) is 0 Å². The molecule has 4 nitrogen and oxygen atoms in total. The summed E-state index contributed by atoms with van der Waals surface area (Å²) in [4.78, 5) is 10.8. The number of amides is 1. The molecule has 0 saturated carbocycles. The quantitative estimate of drug-likeness (QED) is 0.455. The van der Waals surface area contributed by atoms with Crippen LogP contribution in [-0.2, 0) is 4.79 Å². The number of carbonyl (C=O) groups is 1. The predicted octanol–water partition coefficient (Wildman–Crippen LogP) is 0.534. The molecular formula is C7H13F2NO3. The van der Waals surface area contributed by atoms with Crippen molar-refractivity contribution in [2.24, 2.45) is 5.92 Å². The molecule has 0 radical (unpaired) electrons. The van der Waals surface area contributed by atoms with Gasteiger partial charge in [-0.2, -0.15) is 0 Å². The van der Waals surface area contributed by atoms with Crippen molar-refractivity contribution in [2.75, 3.05) is 0 Å². The van der Waals surface area contributed by atoms with E-state index in [0.29, 0.717) is 0 Å². The second-order valence-electron chi connectivity index (χ2n) is 2.96. The Labute approximate surface area is 74.5 Å². The fourth-order valence-electron chi connectivity index (χ4n) is 1.09. The maximum atomic E-state index is 12.2. The highest BCUT2D eigenvalue weighted by atomic mass is 19.3. The predicted molar refractivity (Wildman–Crippen MR) is 40.3 cm³/mol. The summed E-state index contributed by atoms with van der Waals surface area (Å²) < 4.78 is 24.5. The van der Waals surface area contributed by atoms with E-state index in [0.717, 1.165) is 6.92 Å². The van der Waals surface area contributed by atoms with Gasteiger partial charge in [-0.25, -0.2) is 14.3 Å². The first kappa shape index (κ1) is 12.2. The van der Waals surface area contributed by atoms with Gasteiger partial charge in [0.15, 0.2) is 0 Å². The molecule has 2 unspecified atom stereocenters. The number of alkyl halides is 2. The third kappa shape index (κ3) is 2.60. The second-order valence-corrected chi connectivity index (χ2v) is 2.96. The van der Waals surface area contributed by atoms with Gasteiger partial charge in [0.1, 0.15) is 5.60 Å². The molecule has 2 atom stereocenters. The van der Waals surface area contributed by atoms with Gasteiger partial charge in [0.2, 0.25) is 5.91 Å². The molecular weight excluding hydrogens is 184 g/mol. The highest BCUT2D eigenvalue weighted by molar-refractivity contribution is 5.78. The maximum Gasteiger partial charge on any atom is 0.267 e. The van der Waals surface area contributed by atoms with E-state index >= 15 is 0 Å². The molecule has 0 fully saturated rings. The lowest BCUT2D eigenvalue weighted by Gasteiger charge is -2.29. The van der Waals surface area contributed by atoms with Crippen molar-refractivity contribution < 1.29 is 23.9 Å². The first-order valence-corrected chi connectivity index (χ1v) is 3.82. The maximum absolute atomic E-state index is 12.2. The number of aliphatic hydroxyl groups is 1. The highest BCUT2D eigenvalue weighted by Crippen LogP contribution is 2.27. The third-order valence-electron chi connectivity index (χ3n) is 1.98. The Morgan fingerprint density at radius 3 is 2.31 bits per heavy atom. The van der Waals surface area contributed by atoms with Crippen molar-refractivity contribution in [3.05, 3.63) is 0 Å². The molecule has 1 amide bonds. The molecule has 0 aromatic rings. The molecule has 0 spiro atoms. The average Bonchev–Trinajstić information content (AvgIpc) is 2.04. The Bertz CT molecular complexity index is 185. The topological polar surface area (TPSA) is 69.6 Å². The van der Waals surface area contributed by atoms with Crippen LogP contribution in [0, 0.1) is 5.92 Å². The van der Waals surface area contributed by atoms with Crippen molar-refractivity contribution in [1.29, 1.82) is 0 Å². The Hall–Kier alpha value is -0.750. The van der Waals surface area contributed by atoms with Gasteiger partial charge in [0.25, 0.3) is 6.43 Å². The molecule has 6 heteroatoms. The van der Waals surface area contributed by atoms with E-state index < -0.39 is 23.9 Å². The first-order chi connectivity index (χ1) is 5.87. The number of carbonyl (C=O) groups excluding carboxylic acids is 1. The Morgan fingerprint density at radius 1 is 1.62 bits per heavy atom. The van der Waals surface area contributed by atoms with Crippen LogP contribution in [-0.4, -0.2) is 28.2 Å². The molecule has 0 aromatic heterocycles. The molecule has 0 rings (SSSR count). The van der Waals surface area contributed by atoms with Crippen molar-refractivity contribution in [1.82, 2.24) is 5.48 Å². The standard InChI is InChI=1S/C7H13F2NO3/c1-3-4(5(11)10-13)7(2,12)6(8)9/h4,6,12-13H,3H2,1-2H3,(H,10,11). The molecule has 0 saturated heterocycles. The summed E-state index contributed by atoms with van der Waals surface area (Å²) >= 11 is 0. The first-order valence-electron chi connectivity index (χ1n) is 3.82. The summed E-state index contributed by atoms with van der Waals surface area (Å²) in [5.41, 5.74) is -1.17. The van der Waals surface area contributed by atoms with Gasteiger partial charge in [-0.15, -0.1) is 0 Å². The SMILES string of the molecule is CCC(C(=O)NO)C(C)(O)C(F)F. The Balaban J connectivity index is 4.65. The molecule has 3 N–H and O–H groups in total. The summed E-state index contributed by atoms with van der Waals surface area (Å²) in [6.45, 7) is 2.33. The highest BCUT2D eigenvalue weighted by Gasteiger charge is 2.43. The van der Waals surface area contributed by atoms with Gasteiger partial charge in [0, 0.05) is 0 Å². The van der Waals surface area contributed by atoms with Crippen molar-refractivity contribution in [3.8, 4) is 0 Å². The molecule has 0 aliphatic carbocycles. The molecule has 0 aliphatic heterocycles. The minimum Gasteiger partial charge on any atom is -0.383 e. The van der Waals surface area contributed by atoms with Gasteiger partial charge in [-0.3, -0.25) is 10.0 Å². The van der Waals surface area contributed by atoms with Crippen molar-refractivity contribution >= 4 is 5.91 Å². The number of hydrogen-bond acceptors (Lipinski definition) is 3. The van der Waals surface area contributed by atoms with E-state index in [1.807, 2.05) is 0 Å². The lowest BCUT2D eigenvalue weighted by molar-refractivity contribution is -0.158. The number of halogens is 2. The number of rotatable bonds is 4. The van der Waals surface area contributed by atoms with Gasteiger partial charge in [-0.1, -0.05) is 6.92 Å². The van der Waals surface area contributed by atoms with Crippen molar-refractivity contribution in [3.63, 3.8) is 0 Å². The number of nitrogens with one attached hydrogen (secondary N) is 1. The van der Waals surface area contributed by atoms with Gasteiger partial charge in [0.05, 0.1) is 5.92 Å². The van der Waals surface area contributed by atoms with E-state index in [1.165, 1.54) is 12.4 Å². The van der Waals surface area contributed by atoms with Crippen LogP contribution in [0.25, 0.3) is 0 Å². The van der Waals surface area contributed by atoms with Crippen LogP contribution in [0.15, 0.2) is 0 Å². The molecule has 0 bridgehead atoms. The molecule has 13 heavy (non-hydrogen) atoms. The van der Waals surface area contributed by atoms with E-state index in [4.69, 9.17) is 5.21 Å². The van der Waals surface area contributed by atoms with Crippen LogP contribution < -0.4 is 5.48 Å². The molecule has 0 heterocycles. The number of hydrogen-bond donors (Lipinski definition) is 3. The van der Waals surface area contributed by atoms with Crippen LogP contribution in [0.2, 0.25) is 0 Å². The smallest absolute Gasteiger partial charge is 0.267 e. The minimum atomic E-state index is -3.03. The van der Waals surface area contributed by atoms with Crippen LogP contribution in [0.1, 0.15) is 20.3 Å². The lowest BCUT2D eigenvalue weighted by Crippen LogP contribution is -2.48. The van der Waals surface area contributed by atoms with Gasteiger partial charge in [-0.05, 0) is 13.3 Å². The summed E-state index contributed by atoms with van der Waals surface area (Å²) in [5, 5.41) is 17.5. The Kier molecular flexibility index (Phi) is 4.22. The fourth-order valence-corrected chi connectivity index (χ4v) is 1.09. The van der Waals surface area contributed by atoms with Crippen LogP contribution >= 0.6 is 0 Å². The zero-order valence-corrected chi connectivity index (χ0v) is 7.42. The Morgan fingerprint density at radius 2 is 2.08 bits per heavy atom. The molecule has 0 aromatic carbocycles. The lowest BCUT2D eigenvalue weighted by atomic mass is 9.87. The second kappa shape index (κ2) is 4.48. The summed E-state index contributed by atoms with van der Waals surface area (Å²) in [6.07, 6.45) is -3.02. The summed E-state index contributed by atoms with van der Waals surface area (Å²) in [7, 11) is 0. The largest absolute Gasteiger partial charge is 0.383 e. The minimum absolute atomic E-state index is 0.0176. The van der Waals surface area contributed by atoms with E-state index in [-0.39, 0.29) is 6.42 Å². The normalized spacial score (nSPS) is 18.1. The summed E-state index contributed by atoms with van der Waals surface area (Å²) in [5.74, 6) is -2.33. The van der Waals surface area contributed by atoms with Crippen LogP contribution in [0.3, 0.4) is 0 Å². The zero-order chi connectivity index (χ0) is 10.6. The third-order valence-corrected chi connectivity index (χ3v) is 1.98. The average molecular weight is 197 g/mol. The summed E-state index contributed by atoms with van der Waals surface area (Å²) in [6, 6.07) is 0. The van der Waals surface area contributed by atoms with E-state index in [9.17, 15) is 18.7 Å². The van der Waals surface area contributed by atoms with E-state index in [1.54, 1.807) is 0 Å². The van der Waals surface area contributed by atoms with Crippen molar-refractivity contribution in [2.45, 2.75) is 32.3 Å². The molecule has 0 aliphatic rings. The monoisotopic (exact) mass is 197 g/mol. The van der Waals surface area contributed by atoms with Gasteiger partial charge < -0.3 is 5.11 Å². The zero-order valence-electron chi connectivity index (χ0n) is 7.42. The van der Waals surface area contributed by atoms with Crippen LogP contribution in [0.4, 0.5) is 8.78 Å². The van der Waals surface area contributed by atoms with Gasteiger partial charge >= 0.3 is 0 Å².